The normalized spacial score (nSPS) is 10.8. The Hall–Kier alpha value is -1.68. The summed E-state index contributed by atoms with van der Waals surface area (Å²) >= 11 is 0. The molecule has 0 unspecified atom stereocenters. The topological polar surface area (TPSA) is 42.7 Å². The summed E-state index contributed by atoms with van der Waals surface area (Å²) in [6.07, 6.45) is 3.11. The highest BCUT2D eigenvalue weighted by molar-refractivity contribution is 5.38. The molecule has 0 aliphatic rings. The average molecular weight is 244 g/mol. The lowest BCUT2D eigenvalue weighted by molar-refractivity contribution is 0.662. The van der Waals surface area contributed by atoms with E-state index in [0.717, 1.165) is 30.9 Å². The van der Waals surface area contributed by atoms with Crippen molar-refractivity contribution >= 4 is 0 Å². The van der Waals surface area contributed by atoms with E-state index >= 15 is 0 Å². The molecular formula is C14H20N4. The molecule has 0 saturated carbocycles. The van der Waals surface area contributed by atoms with Crippen LogP contribution in [0.4, 0.5) is 0 Å². The molecule has 0 saturated heterocycles. The van der Waals surface area contributed by atoms with Crippen LogP contribution in [0.5, 0.6) is 0 Å². The number of aromatic nitrogens is 3. The highest BCUT2D eigenvalue weighted by Crippen LogP contribution is 2.12. The van der Waals surface area contributed by atoms with Gasteiger partial charge in [-0.1, -0.05) is 18.2 Å². The molecule has 4 heteroatoms. The molecule has 1 N–H and O–H groups in total. The fourth-order valence-corrected chi connectivity index (χ4v) is 1.98. The molecule has 0 aliphatic carbocycles. The second-order valence-corrected chi connectivity index (χ2v) is 4.68. The van der Waals surface area contributed by atoms with E-state index in [1.807, 2.05) is 10.9 Å². The van der Waals surface area contributed by atoms with Gasteiger partial charge in [-0.15, -0.1) is 5.10 Å². The predicted octanol–water partition coefficient (Wildman–Crippen LogP) is 2.38. The van der Waals surface area contributed by atoms with Gasteiger partial charge in [0.25, 0.3) is 0 Å². The summed E-state index contributed by atoms with van der Waals surface area (Å²) in [7, 11) is 0. The van der Waals surface area contributed by atoms with E-state index in [9.17, 15) is 0 Å². The Morgan fingerprint density at radius 2 is 1.89 bits per heavy atom. The first-order chi connectivity index (χ1) is 8.69. The Kier molecular flexibility index (Phi) is 4.10. The number of rotatable bonds is 5. The van der Waals surface area contributed by atoms with Crippen LogP contribution >= 0.6 is 0 Å². The molecule has 1 heterocycles. The molecule has 0 bridgehead atoms. The molecule has 0 spiro atoms. The third-order valence-electron chi connectivity index (χ3n) is 2.74. The van der Waals surface area contributed by atoms with Gasteiger partial charge in [-0.25, -0.2) is 4.68 Å². The lowest BCUT2D eigenvalue weighted by Crippen LogP contribution is -2.13. The summed E-state index contributed by atoms with van der Waals surface area (Å²) in [5.41, 5.74) is 4.53. The van der Waals surface area contributed by atoms with Crippen LogP contribution < -0.4 is 5.32 Å². The maximum absolute atomic E-state index is 4.17. The lowest BCUT2D eigenvalue weighted by atomic mass is 10.1. The monoisotopic (exact) mass is 244 g/mol. The van der Waals surface area contributed by atoms with Gasteiger partial charge in [0.05, 0.1) is 17.6 Å². The molecule has 0 atom stereocenters. The van der Waals surface area contributed by atoms with Crippen LogP contribution in [0.3, 0.4) is 0 Å². The molecule has 96 valence electrons. The fraction of sp³-hybridized carbons (Fsp3) is 0.429. The number of nitrogens with zero attached hydrogens (tertiary/aromatic N) is 3. The standard InChI is InChI=1S/C14H20N4/c1-4-5-15-9-13-10-18(17-16-13)14-7-11(2)6-12(3)8-14/h6-8,10,15H,4-5,9H2,1-3H3. The van der Waals surface area contributed by atoms with Crippen LogP contribution in [0, 0.1) is 13.8 Å². The average Bonchev–Trinajstić information content (AvgIpc) is 2.77. The van der Waals surface area contributed by atoms with Gasteiger partial charge < -0.3 is 5.32 Å². The SMILES string of the molecule is CCCNCc1cn(-c2cc(C)cc(C)c2)nn1. The summed E-state index contributed by atoms with van der Waals surface area (Å²) in [4.78, 5) is 0. The van der Waals surface area contributed by atoms with Gasteiger partial charge in [0, 0.05) is 6.54 Å². The van der Waals surface area contributed by atoms with E-state index in [2.05, 4.69) is 54.6 Å². The molecule has 0 amide bonds. The third kappa shape index (κ3) is 3.17. The second-order valence-electron chi connectivity index (χ2n) is 4.68. The predicted molar refractivity (Wildman–Crippen MR) is 72.8 cm³/mol. The van der Waals surface area contributed by atoms with Crippen molar-refractivity contribution in [2.75, 3.05) is 6.54 Å². The minimum atomic E-state index is 0.776. The number of aryl methyl sites for hydroxylation is 2. The Morgan fingerprint density at radius 1 is 1.17 bits per heavy atom. The van der Waals surface area contributed by atoms with E-state index in [1.54, 1.807) is 0 Å². The van der Waals surface area contributed by atoms with E-state index in [4.69, 9.17) is 0 Å². The highest BCUT2D eigenvalue weighted by Gasteiger charge is 2.03. The highest BCUT2D eigenvalue weighted by atomic mass is 15.4. The van der Waals surface area contributed by atoms with Crippen molar-refractivity contribution in [2.24, 2.45) is 0 Å². The zero-order valence-corrected chi connectivity index (χ0v) is 11.3. The molecule has 1 aromatic carbocycles. The van der Waals surface area contributed by atoms with Crippen LogP contribution in [0.15, 0.2) is 24.4 Å². The van der Waals surface area contributed by atoms with Gasteiger partial charge in [0.1, 0.15) is 0 Å². The van der Waals surface area contributed by atoms with Gasteiger partial charge in [0.2, 0.25) is 0 Å². The first kappa shape index (κ1) is 12.8. The lowest BCUT2D eigenvalue weighted by Gasteiger charge is -2.03. The van der Waals surface area contributed by atoms with Gasteiger partial charge in [-0.2, -0.15) is 0 Å². The van der Waals surface area contributed by atoms with Gasteiger partial charge in [-0.3, -0.25) is 0 Å². The fourth-order valence-electron chi connectivity index (χ4n) is 1.98. The first-order valence-electron chi connectivity index (χ1n) is 6.39. The summed E-state index contributed by atoms with van der Waals surface area (Å²) in [6.45, 7) is 8.13. The number of hydrogen-bond donors (Lipinski definition) is 1. The molecule has 18 heavy (non-hydrogen) atoms. The maximum atomic E-state index is 4.17. The largest absolute Gasteiger partial charge is 0.311 e. The van der Waals surface area contributed by atoms with Crippen LogP contribution in [0.2, 0.25) is 0 Å². The van der Waals surface area contributed by atoms with Crippen molar-refractivity contribution in [3.8, 4) is 5.69 Å². The Labute approximate surface area is 108 Å². The van der Waals surface area contributed by atoms with Crippen LogP contribution in [0.1, 0.15) is 30.2 Å². The Bertz CT molecular complexity index is 496. The zero-order chi connectivity index (χ0) is 13.0. The van der Waals surface area contributed by atoms with Crippen molar-refractivity contribution in [2.45, 2.75) is 33.7 Å². The van der Waals surface area contributed by atoms with Crippen molar-refractivity contribution in [3.63, 3.8) is 0 Å². The number of benzene rings is 1. The molecule has 0 radical (unpaired) electrons. The first-order valence-corrected chi connectivity index (χ1v) is 6.39. The van der Waals surface area contributed by atoms with Crippen molar-refractivity contribution in [1.82, 2.24) is 20.3 Å². The third-order valence-corrected chi connectivity index (χ3v) is 2.74. The molecule has 1 aromatic heterocycles. The summed E-state index contributed by atoms with van der Waals surface area (Å²) in [5, 5.41) is 11.7. The number of nitrogens with one attached hydrogen (secondary N) is 1. The van der Waals surface area contributed by atoms with E-state index in [-0.39, 0.29) is 0 Å². The molecule has 0 fully saturated rings. The van der Waals surface area contributed by atoms with Crippen molar-refractivity contribution < 1.29 is 0 Å². The van der Waals surface area contributed by atoms with Gasteiger partial charge in [-0.05, 0) is 50.1 Å². The Balaban J connectivity index is 2.13. The maximum Gasteiger partial charge on any atom is 0.0969 e. The van der Waals surface area contributed by atoms with Crippen LogP contribution in [0.25, 0.3) is 5.69 Å². The van der Waals surface area contributed by atoms with E-state index in [1.165, 1.54) is 11.1 Å². The smallest absolute Gasteiger partial charge is 0.0969 e. The molecule has 0 aliphatic heterocycles. The van der Waals surface area contributed by atoms with Crippen LogP contribution in [-0.2, 0) is 6.54 Å². The van der Waals surface area contributed by atoms with Crippen molar-refractivity contribution in [1.29, 1.82) is 0 Å². The molecule has 2 aromatic rings. The van der Waals surface area contributed by atoms with Crippen LogP contribution in [-0.4, -0.2) is 21.5 Å². The summed E-state index contributed by atoms with van der Waals surface area (Å²) in [6, 6.07) is 6.39. The molecular weight excluding hydrogens is 224 g/mol. The minimum Gasteiger partial charge on any atom is -0.311 e. The Morgan fingerprint density at radius 3 is 2.56 bits per heavy atom. The van der Waals surface area contributed by atoms with E-state index < -0.39 is 0 Å². The summed E-state index contributed by atoms with van der Waals surface area (Å²) in [5.74, 6) is 0. The molecule has 2 rings (SSSR count). The minimum absolute atomic E-state index is 0.776. The van der Waals surface area contributed by atoms with E-state index in [0.29, 0.717) is 0 Å². The molecule has 4 nitrogen and oxygen atoms in total. The number of hydrogen-bond acceptors (Lipinski definition) is 3. The summed E-state index contributed by atoms with van der Waals surface area (Å²) < 4.78 is 1.84. The van der Waals surface area contributed by atoms with Crippen molar-refractivity contribution in [3.05, 3.63) is 41.2 Å². The van der Waals surface area contributed by atoms with Gasteiger partial charge >= 0.3 is 0 Å². The van der Waals surface area contributed by atoms with Gasteiger partial charge in [0.15, 0.2) is 0 Å². The second kappa shape index (κ2) is 5.78. The quantitative estimate of drug-likeness (QED) is 0.821. The zero-order valence-electron chi connectivity index (χ0n) is 11.3.